The number of hydrogen-bond acceptors (Lipinski definition) is 3. The van der Waals surface area contributed by atoms with Gasteiger partial charge in [0.15, 0.2) is 0 Å². The summed E-state index contributed by atoms with van der Waals surface area (Å²) in [5.41, 5.74) is 2.52. The predicted octanol–water partition coefficient (Wildman–Crippen LogP) is 4.14. The van der Waals surface area contributed by atoms with Crippen molar-refractivity contribution in [3.63, 3.8) is 0 Å². The van der Waals surface area contributed by atoms with E-state index in [2.05, 4.69) is 46.4 Å². The first-order valence-electron chi connectivity index (χ1n) is 5.72. The summed E-state index contributed by atoms with van der Waals surface area (Å²) in [4.78, 5) is 1.32. The molecule has 1 unspecified atom stereocenters. The average Bonchev–Trinajstić information content (AvgIpc) is 2.70. The largest absolute Gasteiger partial charge is 0.497 e. The van der Waals surface area contributed by atoms with Gasteiger partial charge in [-0.05, 0) is 59.2 Å². The van der Waals surface area contributed by atoms with Gasteiger partial charge in [0.25, 0.3) is 0 Å². The maximum Gasteiger partial charge on any atom is 0.119 e. The second-order valence-electron chi connectivity index (χ2n) is 4.06. The average molecular weight is 326 g/mol. The first-order valence-corrected chi connectivity index (χ1v) is 7.33. The number of methoxy groups -OCH3 is 1. The Morgan fingerprint density at radius 1 is 1.33 bits per heavy atom. The summed E-state index contributed by atoms with van der Waals surface area (Å²) in [6.07, 6.45) is 0. The van der Waals surface area contributed by atoms with Crippen molar-refractivity contribution in [1.82, 2.24) is 5.32 Å². The lowest BCUT2D eigenvalue weighted by Crippen LogP contribution is -2.17. The van der Waals surface area contributed by atoms with E-state index in [9.17, 15) is 0 Å². The van der Waals surface area contributed by atoms with Crippen LogP contribution in [-0.2, 0) is 0 Å². The monoisotopic (exact) mass is 325 g/mol. The highest BCUT2D eigenvalue weighted by Crippen LogP contribution is 2.34. The fourth-order valence-electron chi connectivity index (χ4n) is 2.07. The van der Waals surface area contributed by atoms with Gasteiger partial charge in [0, 0.05) is 4.88 Å². The van der Waals surface area contributed by atoms with Gasteiger partial charge >= 0.3 is 0 Å². The van der Waals surface area contributed by atoms with Crippen molar-refractivity contribution in [2.75, 3.05) is 14.2 Å². The fraction of sp³-hybridized carbons (Fsp3) is 0.286. The Bertz CT molecular complexity index is 538. The van der Waals surface area contributed by atoms with Crippen LogP contribution in [0.2, 0.25) is 0 Å². The molecular formula is C14H16BrNOS. The highest BCUT2D eigenvalue weighted by atomic mass is 79.9. The molecule has 0 spiro atoms. The van der Waals surface area contributed by atoms with Crippen molar-refractivity contribution in [2.24, 2.45) is 0 Å². The van der Waals surface area contributed by atoms with E-state index < -0.39 is 0 Å². The van der Waals surface area contributed by atoms with E-state index in [1.54, 1.807) is 18.4 Å². The Morgan fingerprint density at radius 3 is 2.67 bits per heavy atom. The second-order valence-corrected chi connectivity index (χ2v) is 6.70. The lowest BCUT2D eigenvalue weighted by Gasteiger charge is -2.17. The van der Waals surface area contributed by atoms with E-state index in [0.29, 0.717) is 0 Å². The molecule has 0 amide bonds. The van der Waals surface area contributed by atoms with Gasteiger partial charge in [0.1, 0.15) is 5.75 Å². The third-order valence-corrected chi connectivity index (χ3v) is 4.52. The molecule has 1 atom stereocenters. The Balaban J connectivity index is 2.41. The van der Waals surface area contributed by atoms with Crippen LogP contribution in [0.1, 0.15) is 22.0 Å². The summed E-state index contributed by atoms with van der Waals surface area (Å²) >= 11 is 5.31. The number of halogens is 1. The number of rotatable bonds is 4. The minimum absolute atomic E-state index is 0.197. The van der Waals surface area contributed by atoms with Crippen molar-refractivity contribution in [2.45, 2.75) is 13.0 Å². The molecule has 2 rings (SSSR count). The van der Waals surface area contributed by atoms with Gasteiger partial charge in [0.2, 0.25) is 0 Å². The fourth-order valence-corrected chi connectivity index (χ4v) is 3.82. The third-order valence-electron chi connectivity index (χ3n) is 2.95. The van der Waals surface area contributed by atoms with Gasteiger partial charge < -0.3 is 10.1 Å². The predicted molar refractivity (Wildman–Crippen MR) is 80.7 cm³/mol. The van der Waals surface area contributed by atoms with Gasteiger partial charge in [-0.3, -0.25) is 0 Å². The molecule has 2 aromatic rings. The van der Waals surface area contributed by atoms with Crippen molar-refractivity contribution in [3.8, 4) is 5.75 Å². The molecule has 0 aliphatic rings. The number of hydrogen-bond donors (Lipinski definition) is 1. The number of aryl methyl sites for hydroxylation is 1. The summed E-state index contributed by atoms with van der Waals surface area (Å²) in [5.74, 6) is 0.889. The SMILES string of the molecule is CNC(c1cccc(OC)c1)c1cc(Br)sc1C. The van der Waals surface area contributed by atoms with Crippen LogP contribution in [0.15, 0.2) is 34.1 Å². The van der Waals surface area contributed by atoms with E-state index in [1.165, 1.54) is 16.0 Å². The van der Waals surface area contributed by atoms with Gasteiger partial charge in [-0.2, -0.15) is 0 Å². The van der Waals surface area contributed by atoms with E-state index in [1.807, 2.05) is 19.2 Å². The molecule has 0 saturated carbocycles. The Labute approximate surface area is 120 Å². The number of ether oxygens (including phenoxy) is 1. The lowest BCUT2D eigenvalue weighted by molar-refractivity contribution is 0.414. The zero-order chi connectivity index (χ0) is 13.1. The van der Waals surface area contributed by atoms with E-state index in [4.69, 9.17) is 4.74 Å². The molecule has 1 aromatic carbocycles. The number of nitrogens with one attached hydrogen (secondary N) is 1. The molecule has 0 bridgehead atoms. The van der Waals surface area contributed by atoms with Crippen LogP contribution in [0, 0.1) is 6.92 Å². The summed E-state index contributed by atoms with van der Waals surface area (Å²) in [7, 11) is 3.68. The van der Waals surface area contributed by atoms with Crippen LogP contribution in [0.5, 0.6) is 5.75 Å². The van der Waals surface area contributed by atoms with Gasteiger partial charge in [-0.1, -0.05) is 12.1 Å². The molecule has 0 fully saturated rings. The minimum atomic E-state index is 0.197. The highest BCUT2D eigenvalue weighted by Gasteiger charge is 2.17. The lowest BCUT2D eigenvalue weighted by atomic mass is 9.99. The van der Waals surface area contributed by atoms with Gasteiger partial charge in [-0.25, -0.2) is 0 Å². The zero-order valence-corrected chi connectivity index (χ0v) is 13.1. The molecule has 2 nitrogen and oxygen atoms in total. The summed E-state index contributed by atoms with van der Waals surface area (Å²) in [6.45, 7) is 2.15. The van der Waals surface area contributed by atoms with E-state index >= 15 is 0 Å². The van der Waals surface area contributed by atoms with E-state index in [0.717, 1.165) is 9.54 Å². The van der Waals surface area contributed by atoms with Crippen LogP contribution in [0.4, 0.5) is 0 Å². The molecular weight excluding hydrogens is 310 g/mol. The number of benzene rings is 1. The zero-order valence-electron chi connectivity index (χ0n) is 10.7. The maximum absolute atomic E-state index is 5.29. The standard InChI is InChI=1S/C14H16BrNOS/c1-9-12(8-13(15)18-9)14(16-2)10-5-4-6-11(7-10)17-3/h4-8,14,16H,1-3H3. The Kier molecular flexibility index (Phi) is 4.43. The Morgan fingerprint density at radius 2 is 2.11 bits per heavy atom. The van der Waals surface area contributed by atoms with Crippen molar-refractivity contribution in [3.05, 3.63) is 50.1 Å². The summed E-state index contributed by atoms with van der Waals surface area (Å²) < 4.78 is 6.45. The molecule has 96 valence electrons. The molecule has 4 heteroatoms. The molecule has 18 heavy (non-hydrogen) atoms. The highest BCUT2D eigenvalue weighted by molar-refractivity contribution is 9.11. The quantitative estimate of drug-likeness (QED) is 0.912. The number of thiophene rings is 1. The molecule has 1 aromatic heterocycles. The molecule has 1 heterocycles. The topological polar surface area (TPSA) is 21.3 Å². The normalized spacial score (nSPS) is 12.4. The molecule has 1 N–H and O–H groups in total. The maximum atomic E-state index is 5.29. The van der Waals surface area contributed by atoms with Crippen LogP contribution >= 0.6 is 27.3 Å². The van der Waals surface area contributed by atoms with Gasteiger partial charge in [-0.15, -0.1) is 11.3 Å². The smallest absolute Gasteiger partial charge is 0.119 e. The Hall–Kier alpha value is -0.840. The third kappa shape index (κ3) is 2.76. The molecule has 0 aliphatic heterocycles. The van der Waals surface area contributed by atoms with Gasteiger partial charge in [0.05, 0.1) is 16.9 Å². The molecule has 0 aliphatic carbocycles. The minimum Gasteiger partial charge on any atom is -0.497 e. The van der Waals surface area contributed by atoms with Crippen LogP contribution in [0.25, 0.3) is 0 Å². The van der Waals surface area contributed by atoms with Crippen LogP contribution < -0.4 is 10.1 Å². The van der Waals surface area contributed by atoms with Crippen LogP contribution in [-0.4, -0.2) is 14.2 Å². The molecule has 0 saturated heterocycles. The first-order chi connectivity index (χ1) is 8.65. The van der Waals surface area contributed by atoms with E-state index in [-0.39, 0.29) is 6.04 Å². The first kappa shape index (κ1) is 13.6. The second kappa shape index (κ2) is 5.87. The van der Waals surface area contributed by atoms with Crippen molar-refractivity contribution < 1.29 is 4.74 Å². The summed E-state index contributed by atoms with van der Waals surface area (Å²) in [6, 6.07) is 10.6. The van der Waals surface area contributed by atoms with Crippen molar-refractivity contribution >= 4 is 27.3 Å². The van der Waals surface area contributed by atoms with Crippen LogP contribution in [0.3, 0.4) is 0 Å². The summed E-state index contributed by atoms with van der Waals surface area (Å²) in [5, 5.41) is 3.37. The molecule has 0 radical (unpaired) electrons. The van der Waals surface area contributed by atoms with Crippen molar-refractivity contribution in [1.29, 1.82) is 0 Å².